The first-order chi connectivity index (χ1) is 9.15. The zero-order chi connectivity index (χ0) is 13.8. The predicted molar refractivity (Wildman–Crippen MR) is 76.3 cm³/mol. The van der Waals surface area contributed by atoms with Crippen LogP contribution >= 0.6 is 11.3 Å². The Kier molecular flexibility index (Phi) is 4.49. The minimum atomic E-state index is -0.123. The molecule has 7 heteroatoms. The van der Waals surface area contributed by atoms with Crippen LogP contribution in [0.25, 0.3) is 4.96 Å². The van der Waals surface area contributed by atoms with Crippen LogP contribution in [0.5, 0.6) is 0 Å². The third-order valence-electron chi connectivity index (χ3n) is 2.75. The Morgan fingerprint density at radius 1 is 1.47 bits per heavy atom. The van der Waals surface area contributed by atoms with Gasteiger partial charge in [-0.2, -0.15) is 4.52 Å². The molecule has 0 bridgehead atoms. The molecule has 0 aromatic carbocycles. The van der Waals surface area contributed by atoms with E-state index >= 15 is 0 Å². The second kappa shape index (κ2) is 6.12. The molecule has 0 saturated heterocycles. The summed E-state index contributed by atoms with van der Waals surface area (Å²) in [7, 11) is 1.93. The number of aryl methyl sites for hydroxylation is 1. The van der Waals surface area contributed by atoms with Gasteiger partial charge in [0, 0.05) is 32.0 Å². The molecule has 0 radical (unpaired) electrons. The van der Waals surface area contributed by atoms with Gasteiger partial charge >= 0.3 is 0 Å². The summed E-state index contributed by atoms with van der Waals surface area (Å²) in [4.78, 5) is 18.9. The van der Waals surface area contributed by atoms with Gasteiger partial charge in [-0.1, -0.05) is 18.3 Å². The highest BCUT2D eigenvalue weighted by atomic mass is 32.1. The van der Waals surface area contributed by atoms with Gasteiger partial charge in [0.25, 0.3) is 5.56 Å². The monoisotopic (exact) mass is 282 g/mol. The van der Waals surface area contributed by atoms with Crippen molar-refractivity contribution in [2.24, 2.45) is 0 Å². The standard InChI is InChI=1S/C12H18N4O2S/c1-4-9-8-10(17)16-11(13-9)19-12(14-16)15(3)6-7-18-5-2/h8H,4-7H2,1-3H3. The molecule has 6 nitrogen and oxygen atoms in total. The summed E-state index contributed by atoms with van der Waals surface area (Å²) in [6.45, 7) is 6.03. The fraction of sp³-hybridized carbons (Fsp3) is 0.583. The minimum absolute atomic E-state index is 0.123. The van der Waals surface area contributed by atoms with Crippen LogP contribution in [0.3, 0.4) is 0 Å². The zero-order valence-electron chi connectivity index (χ0n) is 11.4. The molecule has 2 rings (SSSR count). The van der Waals surface area contributed by atoms with Crippen LogP contribution in [0.4, 0.5) is 5.13 Å². The largest absolute Gasteiger partial charge is 0.380 e. The van der Waals surface area contributed by atoms with Gasteiger partial charge in [0.15, 0.2) is 0 Å². The lowest BCUT2D eigenvalue weighted by molar-refractivity contribution is 0.154. The van der Waals surface area contributed by atoms with E-state index in [4.69, 9.17) is 4.74 Å². The lowest BCUT2D eigenvalue weighted by atomic mass is 10.3. The SMILES string of the molecule is CCOCCN(C)c1nn2c(=O)cc(CC)nc2s1. The second-order valence-electron chi connectivity index (χ2n) is 4.14. The maximum atomic E-state index is 11.9. The lowest BCUT2D eigenvalue weighted by Crippen LogP contribution is -2.23. The summed E-state index contributed by atoms with van der Waals surface area (Å²) < 4.78 is 6.67. The van der Waals surface area contributed by atoms with E-state index in [0.717, 1.165) is 23.8 Å². The molecule has 0 N–H and O–H groups in total. The van der Waals surface area contributed by atoms with Gasteiger partial charge in [-0.3, -0.25) is 4.79 Å². The van der Waals surface area contributed by atoms with E-state index in [9.17, 15) is 4.79 Å². The smallest absolute Gasteiger partial charge is 0.275 e. The third-order valence-corrected chi connectivity index (χ3v) is 3.77. The number of ether oxygens (including phenoxy) is 1. The first-order valence-corrected chi connectivity index (χ1v) is 7.16. The molecule has 0 spiro atoms. The molecule has 0 unspecified atom stereocenters. The molecular formula is C12H18N4O2S. The maximum absolute atomic E-state index is 11.9. The van der Waals surface area contributed by atoms with E-state index in [0.29, 0.717) is 18.2 Å². The van der Waals surface area contributed by atoms with Gasteiger partial charge in [-0.05, 0) is 13.3 Å². The summed E-state index contributed by atoms with van der Waals surface area (Å²) >= 11 is 1.42. The fourth-order valence-electron chi connectivity index (χ4n) is 1.62. The first kappa shape index (κ1) is 14.0. The number of rotatable bonds is 6. The summed E-state index contributed by atoms with van der Waals surface area (Å²) in [6, 6.07) is 1.54. The van der Waals surface area contributed by atoms with E-state index < -0.39 is 0 Å². The molecule has 19 heavy (non-hydrogen) atoms. The average Bonchev–Trinajstić information content (AvgIpc) is 2.83. The van der Waals surface area contributed by atoms with E-state index in [2.05, 4.69) is 10.1 Å². The van der Waals surface area contributed by atoms with Crippen molar-refractivity contribution in [3.05, 3.63) is 22.1 Å². The van der Waals surface area contributed by atoms with E-state index in [-0.39, 0.29) is 5.56 Å². The Labute approximate surface area is 115 Å². The van der Waals surface area contributed by atoms with Crippen LogP contribution in [0.2, 0.25) is 0 Å². The lowest BCUT2D eigenvalue weighted by Gasteiger charge is -2.14. The van der Waals surface area contributed by atoms with Crippen LogP contribution in [0.15, 0.2) is 10.9 Å². The third kappa shape index (κ3) is 3.10. The quantitative estimate of drug-likeness (QED) is 0.745. The molecule has 0 amide bonds. The Hall–Kier alpha value is -1.47. The van der Waals surface area contributed by atoms with Gasteiger partial charge in [0.2, 0.25) is 10.1 Å². The number of nitrogens with zero attached hydrogens (tertiary/aromatic N) is 4. The van der Waals surface area contributed by atoms with Gasteiger partial charge < -0.3 is 9.64 Å². The second-order valence-corrected chi connectivity index (χ2v) is 5.07. The zero-order valence-corrected chi connectivity index (χ0v) is 12.2. The summed E-state index contributed by atoms with van der Waals surface area (Å²) in [5.41, 5.74) is 0.680. The number of aromatic nitrogens is 3. The number of likely N-dealkylation sites (N-methyl/N-ethyl adjacent to an activating group) is 1. The highest BCUT2D eigenvalue weighted by Crippen LogP contribution is 2.19. The summed E-state index contributed by atoms with van der Waals surface area (Å²) in [5, 5.41) is 5.07. The molecule has 2 heterocycles. The summed E-state index contributed by atoms with van der Waals surface area (Å²) in [6.07, 6.45) is 0.749. The molecule has 2 aromatic rings. The predicted octanol–water partition coefficient (Wildman–Crippen LogP) is 1.19. The van der Waals surface area contributed by atoms with Crippen LogP contribution in [0, 0.1) is 0 Å². The number of hydrogen-bond acceptors (Lipinski definition) is 6. The van der Waals surface area contributed by atoms with Crippen molar-refractivity contribution >= 4 is 21.4 Å². The van der Waals surface area contributed by atoms with Crippen molar-refractivity contribution in [2.45, 2.75) is 20.3 Å². The highest BCUT2D eigenvalue weighted by molar-refractivity contribution is 7.20. The van der Waals surface area contributed by atoms with Crippen molar-refractivity contribution < 1.29 is 4.74 Å². The van der Waals surface area contributed by atoms with Crippen LogP contribution in [0.1, 0.15) is 19.5 Å². The van der Waals surface area contributed by atoms with Crippen molar-refractivity contribution in [1.82, 2.24) is 14.6 Å². The molecule has 104 valence electrons. The molecule has 0 aliphatic rings. The van der Waals surface area contributed by atoms with E-state index in [1.165, 1.54) is 21.9 Å². The van der Waals surface area contributed by atoms with Crippen molar-refractivity contribution in [1.29, 1.82) is 0 Å². The highest BCUT2D eigenvalue weighted by Gasteiger charge is 2.11. The van der Waals surface area contributed by atoms with Gasteiger partial charge in [0.1, 0.15) is 0 Å². The normalized spacial score (nSPS) is 11.1. The fourth-order valence-corrected chi connectivity index (χ4v) is 2.54. The molecule has 0 aliphatic heterocycles. The maximum Gasteiger partial charge on any atom is 0.275 e. The van der Waals surface area contributed by atoms with Crippen LogP contribution in [-0.4, -0.2) is 41.4 Å². The van der Waals surface area contributed by atoms with Crippen LogP contribution < -0.4 is 10.5 Å². The van der Waals surface area contributed by atoms with Gasteiger partial charge in [-0.15, -0.1) is 5.10 Å². The molecule has 0 aliphatic carbocycles. The van der Waals surface area contributed by atoms with Gasteiger partial charge in [0.05, 0.1) is 6.61 Å². The molecule has 0 atom stereocenters. The van der Waals surface area contributed by atoms with Gasteiger partial charge in [-0.25, -0.2) is 4.98 Å². The molecular weight excluding hydrogens is 264 g/mol. The summed E-state index contributed by atoms with van der Waals surface area (Å²) in [5.74, 6) is 0. The number of anilines is 1. The van der Waals surface area contributed by atoms with Crippen molar-refractivity contribution in [2.75, 3.05) is 31.7 Å². The van der Waals surface area contributed by atoms with Crippen molar-refractivity contribution in [3.63, 3.8) is 0 Å². The van der Waals surface area contributed by atoms with E-state index in [1.54, 1.807) is 0 Å². The first-order valence-electron chi connectivity index (χ1n) is 6.34. The Morgan fingerprint density at radius 2 is 2.26 bits per heavy atom. The van der Waals surface area contributed by atoms with Crippen LogP contribution in [-0.2, 0) is 11.2 Å². The van der Waals surface area contributed by atoms with Crippen molar-refractivity contribution in [3.8, 4) is 0 Å². The topological polar surface area (TPSA) is 59.7 Å². The average molecular weight is 282 g/mol. The Balaban J connectivity index is 2.26. The number of hydrogen-bond donors (Lipinski definition) is 0. The molecule has 0 saturated carbocycles. The van der Waals surface area contributed by atoms with E-state index in [1.807, 2.05) is 25.8 Å². The molecule has 0 fully saturated rings. The minimum Gasteiger partial charge on any atom is -0.380 e. The Morgan fingerprint density at radius 3 is 2.95 bits per heavy atom. The Bertz CT molecular complexity index is 607. The molecule has 2 aromatic heterocycles. The number of fused-ring (bicyclic) bond motifs is 1.